The molecule has 0 aliphatic carbocycles. The number of anilines is 1. The Hall–Kier alpha value is -3.92. The third-order valence-corrected chi connectivity index (χ3v) is 5.83. The highest BCUT2D eigenvalue weighted by Gasteiger charge is 2.34. The zero-order valence-electron chi connectivity index (χ0n) is 18.3. The maximum absolute atomic E-state index is 13.3. The Kier molecular flexibility index (Phi) is 4.59. The molecular weight excluding hydrogens is 398 g/mol. The van der Waals surface area contributed by atoms with Crippen LogP contribution in [0.15, 0.2) is 84.9 Å². The van der Waals surface area contributed by atoms with Gasteiger partial charge in [0.15, 0.2) is 0 Å². The molecule has 0 spiro atoms. The van der Waals surface area contributed by atoms with E-state index in [2.05, 4.69) is 32.9 Å². The highest BCUT2D eigenvalue weighted by Crippen LogP contribution is 2.38. The van der Waals surface area contributed by atoms with E-state index in [1.54, 1.807) is 30.3 Å². The Morgan fingerprint density at radius 3 is 2.00 bits per heavy atom. The Morgan fingerprint density at radius 1 is 0.688 bits per heavy atom. The van der Waals surface area contributed by atoms with E-state index >= 15 is 0 Å². The van der Waals surface area contributed by atoms with Gasteiger partial charge in [0.1, 0.15) is 11.5 Å². The monoisotopic (exact) mass is 421 g/mol. The fourth-order valence-corrected chi connectivity index (χ4v) is 4.12. The molecule has 4 nitrogen and oxygen atoms in total. The number of benzene rings is 4. The quantitative estimate of drug-likeness (QED) is 0.345. The Labute approximate surface area is 187 Å². The molecule has 1 aliphatic heterocycles. The molecule has 4 aromatic carbocycles. The summed E-state index contributed by atoms with van der Waals surface area (Å²) in [5.41, 5.74) is 2.83. The first-order chi connectivity index (χ1) is 15.3. The van der Waals surface area contributed by atoms with Gasteiger partial charge in [-0.3, -0.25) is 9.59 Å². The molecule has 0 bridgehead atoms. The third kappa shape index (κ3) is 3.25. The second-order valence-electron chi connectivity index (χ2n) is 9.00. The molecule has 1 aliphatic rings. The minimum absolute atomic E-state index is 0.0597. The lowest BCUT2D eigenvalue weighted by molar-refractivity contribution is 0.0893. The van der Waals surface area contributed by atoms with E-state index in [4.69, 9.17) is 4.74 Å². The number of hydrogen-bond acceptors (Lipinski definition) is 3. The minimum Gasteiger partial charge on any atom is -0.457 e. The normalized spacial score (nSPS) is 13.5. The average molecular weight is 421 g/mol. The van der Waals surface area contributed by atoms with Gasteiger partial charge in [0.05, 0.1) is 5.69 Å². The van der Waals surface area contributed by atoms with Crippen LogP contribution >= 0.6 is 0 Å². The second kappa shape index (κ2) is 7.34. The Bertz CT molecular complexity index is 1330. The number of hydrogen-bond donors (Lipinski definition) is 0. The number of imide groups is 1. The lowest BCUT2D eigenvalue weighted by atomic mass is 9.87. The van der Waals surface area contributed by atoms with Crippen molar-refractivity contribution < 1.29 is 14.3 Å². The van der Waals surface area contributed by atoms with Crippen LogP contribution in [0.4, 0.5) is 5.69 Å². The van der Waals surface area contributed by atoms with Crippen molar-refractivity contribution in [1.29, 1.82) is 0 Å². The molecule has 0 radical (unpaired) electrons. The van der Waals surface area contributed by atoms with Crippen LogP contribution in [0.3, 0.4) is 0 Å². The Morgan fingerprint density at radius 2 is 1.34 bits per heavy atom. The molecule has 32 heavy (non-hydrogen) atoms. The molecule has 4 aromatic rings. The van der Waals surface area contributed by atoms with Crippen LogP contribution in [0, 0.1) is 0 Å². The van der Waals surface area contributed by atoms with Crippen LogP contribution in [0.25, 0.3) is 10.8 Å². The number of nitrogens with zero attached hydrogens (tertiary/aromatic N) is 1. The maximum Gasteiger partial charge on any atom is 0.265 e. The summed E-state index contributed by atoms with van der Waals surface area (Å²) in [7, 11) is 0. The van der Waals surface area contributed by atoms with Crippen molar-refractivity contribution in [2.75, 3.05) is 4.90 Å². The maximum atomic E-state index is 13.3. The molecule has 4 heteroatoms. The first-order valence-corrected chi connectivity index (χ1v) is 10.6. The topological polar surface area (TPSA) is 46.6 Å². The van der Waals surface area contributed by atoms with Gasteiger partial charge in [-0.2, -0.15) is 0 Å². The van der Waals surface area contributed by atoms with Crippen LogP contribution in [0.2, 0.25) is 0 Å². The molecule has 0 saturated carbocycles. The smallest absolute Gasteiger partial charge is 0.265 e. The predicted molar refractivity (Wildman–Crippen MR) is 127 cm³/mol. The van der Waals surface area contributed by atoms with Gasteiger partial charge in [0.25, 0.3) is 11.8 Å². The van der Waals surface area contributed by atoms with Crippen LogP contribution in [0.5, 0.6) is 11.5 Å². The van der Waals surface area contributed by atoms with Gasteiger partial charge in [0, 0.05) is 21.9 Å². The molecule has 0 fully saturated rings. The molecule has 0 atom stereocenters. The molecule has 2 amide bonds. The summed E-state index contributed by atoms with van der Waals surface area (Å²) >= 11 is 0. The van der Waals surface area contributed by atoms with Crippen LogP contribution < -0.4 is 9.64 Å². The number of amides is 2. The molecule has 1 heterocycles. The summed E-state index contributed by atoms with van der Waals surface area (Å²) in [6, 6.07) is 26.1. The van der Waals surface area contributed by atoms with Gasteiger partial charge < -0.3 is 4.74 Å². The van der Waals surface area contributed by atoms with Crippen molar-refractivity contribution in [2.45, 2.75) is 26.2 Å². The van der Waals surface area contributed by atoms with Crippen molar-refractivity contribution in [1.82, 2.24) is 0 Å². The number of rotatable bonds is 3. The molecule has 0 aromatic heterocycles. The summed E-state index contributed by atoms with van der Waals surface area (Å²) in [4.78, 5) is 27.8. The SMILES string of the molecule is CC(C)(C)c1ccc(Oc2ccc3c4c(cccc24)C(=O)N(c2ccccc2)C3=O)cc1. The lowest BCUT2D eigenvalue weighted by Crippen LogP contribution is -2.40. The largest absolute Gasteiger partial charge is 0.457 e. The van der Waals surface area contributed by atoms with Crippen LogP contribution in [-0.4, -0.2) is 11.8 Å². The molecule has 5 rings (SSSR count). The van der Waals surface area contributed by atoms with Crippen molar-refractivity contribution in [3.63, 3.8) is 0 Å². The van der Waals surface area contributed by atoms with E-state index in [1.807, 2.05) is 42.5 Å². The lowest BCUT2D eigenvalue weighted by Gasteiger charge is -2.27. The van der Waals surface area contributed by atoms with Gasteiger partial charge in [-0.25, -0.2) is 4.90 Å². The van der Waals surface area contributed by atoms with Crippen molar-refractivity contribution in [3.8, 4) is 11.5 Å². The van der Waals surface area contributed by atoms with Gasteiger partial charge >= 0.3 is 0 Å². The number of ether oxygens (including phenoxy) is 1. The molecule has 0 N–H and O–H groups in total. The average Bonchev–Trinajstić information content (AvgIpc) is 2.79. The summed E-state index contributed by atoms with van der Waals surface area (Å²) in [5, 5.41) is 1.38. The summed E-state index contributed by atoms with van der Waals surface area (Å²) < 4.78 is 6.18. The van der Waals surface area contributed by atoms with Crippen LogP contribution in [0.1, 0.15) is 47.1 Å². The van der Waals surface area contributed by atoms with E-state index in [1.165, 1.54) is 10.5 Å². The van der Waals surface area contributed by atoms with E-state index in [0.717, 1.165) is 5.39 Å². The van der Waals surface area contributed by atoms with Crippen molar-refractivity contribution in [3.05, 3.63) is 102 Å². The standard InChI is InChI=1S/C28H23NO3/c1-28(2,3)18-12-14-20(15-13-18)32-24-17-16-23-25-21(24)10-7-11-22(25)26(30)29(27(23)31)19-8-5-4-6-9-19/h4-17H,1-3H3. The third-order valence-electron chi connectivity index (χ3n) is 5.83. The fraction of sp³-hybridized carbons (Fsp3) is 0.143. The van der Waals surface area contributed by atoms with E-state index in [9.17, 15) is 9.59 Å². The number of carbonyl (C=O) groups is 2. The molecule has 0 saturated heterocycles. The number of para-hydroxylation sites is 1. The molecule has 0 unspecified atom stereocenters. The second-order valence-corrected chi connectivity index (χ2v) is 9.00. The zero-order valence-corrected chi connectivity index (χ0v) is 18.3. The van der Waals surface area contributed by atoms with Crippen molar-refractivity contribution in [2.24, 2.45) is 0 Å². The summed E-state index contributed by atoms with van der Waals surface area (Å²) in [6.45, 7) is 6.51. The van der Waals surface area contributed by atoms with Gasteiger partial charge in [0.2, 0.25) is 0 Å². The number of carbonyl (C=O) groups excluding carboxylic acids is 2. The van der Waals surface area contributed by atoms with Crippen molar-refractivity contribution >= 4 is 28.3 Å². The van der Waals surface area contributed by atoms with E-state index in [0.29, 0.717) is 33.7 Å². The molecular formula is C28H23NO3. The van der Waals surface area contributed by atoms with E-state index < -0.39 is 0 Å². The fourth-order valence-electron chi connectivity index (χ4n) is 4.12. The highest BCUT2D eigenvalue weighted by molar-refractivity contribution is 6.36. The van der Waals surface area contributed by atoms with Gasteiger partial charge in [-0.05, 0) is 53.4 Å². The molecule has 158 valence electrons. The first-order valence-electron chi connectivity index (χ1n) is 10.6. The van der Waals surface area contributed by atoms with Gasteiger partial charge in [-0.1, -0.05) is 63.2 Å². The summed E-state index contributed by atoms with van der Waals surface area (Å²) in [6.07, 6.45) is 0. The highest BCUT2D eigenvalue weighted by atomic mass is 16.5. The minimum atomic E-state index is -0.328. The van der Waals surface area contributed by atoms with Crippen LogP contribution in [-0.2, 0) is 5.41 Å². The zero-order chi connectivity index (χ0) is 22.5. The predicted octanol–water partition coefficient (Wildman–Crippen LogP) is 6.73. The van der Waals surface area contributed by atoms with Gasteiger partial charge in [-0.15, -0.1) is 0 Å². The first kappa shape index (κ1) is 20.0. The van der Waals surface area contributed by atoms with E-state index in [-0.39, 0.29) is 17.2 Å². The Balaban J connectivity index is 1.58. The summed E-state index contributed by atoms with van der Waals surface area (Å²) in [5.74, 6) is 0.665.